The molecule has 3 aromatic rings. The third-order valence-corrected chi connectivity index (χ3v) is 4.25. The fourth-order valence-corrected chi connectivity index (χ4v) is 2.75. The lowest BCUT2D eigenvalue weighted by atomic mass is 10.3. The maximum Gasteiger partial charge on any atom is 0.274 e. The third-order valence-electron chi connectivity index (χ3n) is 3.43. The first-order chi connectivity index (χ1) is 12.0. The van der Waals surface area contributed by atoms with Gasteiger partial charge in [0.05, 0.1) is 27.8 Å². The van der Waals surface area contributed by atoms with Crippen molar-refractivity contribution in [1.82, 2.24) is 35.1 Å². The molecule has 0 aliphatic carbocycles. The van der Waals surface area contributed by atoms with Crippen LogP contribution in [0.25, 0.3) is 0 Å². The zero-order chi connectivity index (χ0) is 18.0. The van der Waals surface area contributed by atoms with E-state index in [9.17, 15) is 9.59 Å². The summed E-state index contributed by atoms with van der Waals surface area (Å²) in [5, 5.41) is 20.0. The first-order valence-corrected chi connectivity index (χ1v) is 8.31. The fraction of sp³-hybridized carbons (Fsp3) is 0.214. The predicted molar refractivity (Wildman–Crippen MR) is 96.8 cm³/mol. The molecule has 25 heavy (non-hydrogen) atoms. The topological polar surface area (TPSA) is 123 Å². The number of aryl methyl sites for hydroxylation is 2. The Bertz CT molecular complexity index is 925. The van der Waals surface area contributed by atoms with Gasteiger partial charge in [0.15, 0.2) is 0 Å². The van der Waals surface area contributed by atoms with Crippen molar-refractivity contribution >= 4 is 40.1 Å². The summed E-state index contributed by atoms with van der Waals surface area (Å²) in [6.07, 6.45) is 6.46. The molecule has 10 nitrogen and oxygen atoms in total. The number of hydrogen-bond donors (Lipinski definition) is 3. The molecule has 3 aromatic heterocycles. The molecule has 0 radical (unpaired) electrons. The number of H-pyrrole nitrogens is 1. The Labute approximate surface area is 156 Å². The molecule has 3 heterocycles. The molecule has 0 bridgehead atoms. The number of halogens is 1. The van der Waals surface area contributed by atoms with E-state index in [-0.39, 0.29) is 11.6 Å². The summed E-state index contributed by atoms with van der Waals surface area (Å²) in [5.41, 5.74) is 1.77. The normalized spacial score (nSPS) is 10.7. The zero-order valence-corrected chi connectivity index (χ0v) is 15.6. The number of aromatic nitrogens is 6. The van der Waals surface area contributed by atoms with Crippen molar-refractivity contribution in [3.8, 4) is 0 Å². The number of hydrogen-bond acceptors (Lipinski definition) is 5. The molecule has 3 N–H and O–H groups in total. The van der Waals surface area contributed by atoms with Crippen molar-refractivity contribution < 1.29 is 9.59 Å². The zero-order valence-electron chi connectivity index (χ0n) is 13.4. The lowest BCUT2D eigenvalue weighted by molar-refractivity contribution is 0.0942. The van der Waals surface area contributed by atoms with Gasteiger partial charge in [-0.25, -0.2) is 0 Å². The van der Waals surface area contributed by atoms with Crippen LogP contribution in [0, 0.1) is 3.57 Å². The maximum atomic E-state index is 12.5. The average molecular weight is 454 g/mol. The number of rotatable bonds is 5. The molecule has 0 aliphatic rings. The van der Waals surface area contributed by atoms with Gasteiger partial charge in [-0.15, -0.1) is 0 Å². The van der Waals surface area contributed by atoms with E-state index in [1.807, 2.05) is 28.8 Å². The second-order valence-corrected chi connectivity index (χ2v) is 6.44. The van der Waals surface area contributed by atoms with Gasteiger partial charge in [0.25, 0.3) is 11.8 Å². The lowest BCUT2D eigenvalue weighted by Crippen LogP contribution is -2.26. The van der Waals surface area contributed by atoms with E-state index in [0.29, 0.717) is 21.5 Å². The summed E-state index contributed by atoms with van der Waals surface area (Å²) in [6, 6.07) is 0. The molecule has 0 aromatic carbocycles. The maximum absolute atomic E-state index is 12.5. The van der Waals surface area contributed by atoms with E-state index in [4.69, 9.17) is 0 Å². The largest absolute Gasteiger partial charge is 0.346 e. The van der Waals surface area contributed by atoms with Crippen LogP contribution in [-0.4, -0.2) is 41.6 Å². The predicted octanol–water partition coefficient (Wildman–Crippen LogP) is 0.664. The molecule has 0 unspecified atom stereocenters. The molecule has 0 fully saturated rings. The van der Waals surface area contributed by atoms with E-state index >= 15 is 0 Å². The minimum atomic E-state index is -0.392. The van der Waals surface area contributed by atoms with Crippen LogP contribution < -0.4 is 10.6 Å². The number of carbonyl (C=O) groups excluding carboxylic acids is 2. The molecule has 0 saturated heterocycles. The first-order valence-electron chi connectivity index (χ1n) is 7.23. The fourth-order valence-electron chi connectivity index (χ4n) is 2.24. The summed E-state index contributed by atoms with van der Waals surface area (Å²) < 4.78 is 3.75. The van der Waals surface area contributed by atoms with Crippen molar-refractivity contribution in [2.24, 2.45) is 14.1 Å². The van der Waals surface area contributed by atoms with E-state index in [0.717, 1.165) is 5.56 Å². The van der Waals surface area contributed by atoms with Crippen LogP contribution in [-0.2, 0) is 20.6 Å². The minimum absolute atomic E-state index is 0.256. The highest BCUT2D eigenvalue weighted by molar-refractivity contribution is 14.1. The second-order valence-electron chi connectivity index (χ2n) is 5.28. The van der Waals surface area contributed by atoms with Crippen LogP contribution >= 0.6 is 22.6 Å². The molecular formula is C14H15IN8O2. The molecule has 3 rings (SSSR count). The number of carbonyl (C=O) groups is 2. The van der Waals surface area contributed by atoms with Crippen LogP contribution in [0.2, 0.25) is 0 Å². The van der Waals surface area contributed by atoms with Gasteiger partial charge in [-0.1, -0.05) is 0 Å². The monoisotopic (exact) mass is 454 g/mol. The first kappa shape index (κ1) is 17.1. The number of aromatic amines is 1. The van der Waals surface area contributed by atoms with Gasteiger partial charge in [0, 0.05) is 32.4 Å². The van der Waals surface area contributed by atoms with Gasteiger partial charge in [-0.3, -0.25) is 24.1 Å². The molecule has 130 valence electrons. The average Bonchev–Trinajstić information content (AvgIpc) is 3.26. The molecular weight excluding hydrogens is 439 g/mol. The third kappa shape index (κ3) is 3.70. The van der Waals surface area contributed by atoms with Crippen LogP contribution in [0.1, 0.15) is 26.5 Å². The highest BCUT2D eigenvalue weighted by Crippen LogP contribution is 2.17. The van der Waals surface area contributed by atoms with E-state index in [1.54, 1.807) is 31.2 Å². The van der Waals surface area contributed by atoms with Gasteiger partial charge >= 0.3 is 0 Å². The summed E-state index contributed by atoms with van der Waals surface area (Å²) in [6.45, 7) is 0.323. The Balaban J connectivity index is 1.73. The van der Waals surface area contributed by atoms with Crippen LogP contribution in [0.3, 0.4) is 0 Å². The second kappa shape index (κ2) is 7.04. The SMILES string of the molecule is Cn1cc(CNC(=O)c2c(NC(=O)c3[nH]ncc3I)cnn2C)cn1. The number of anilines is 1. The van der Waals surface area contributed by atoms with Gasteiger partial charge in [0.2, 0.25) is 0 Å². The number of nitrogens with zero attached hydrogens (tertiary/aromatic N) is 5. The molecule has 11 heteroatoms. The molecule has 0 atom stereocenters. The highest BCUT2D eigenvalue weighted by atomic mass is 127. The highest BCUT2D eigenvalue weighted by Gasteiger charge is 2.20. The summed E-state index contributed by atoms with van der Waals surface area (Å²) >= 11 is 2.00. The van der Waals surface area contributed by atoms with Gasteiger partial charge < -0.3 is 10.6 Å². The van der Waals surface area contributed by atoms with Crippen molar-refractivity contribution in [2.75, 3.05) is 5.32 Å². The number of nitrogens with one attached hydrogen (secondary N) is 3. The van der Waals surface area contributed by atoms with Gasteiger partial charge in [0.1, 0.15) is 11.4 Å². The smallest absolute Gasteiger partial charge is 0.274 e. The Morgan fingerprint density at radius 3 is 2.64 bits per heavy atom. The quantitative estimate of drug-likeness (QED) is 0.489. The molecule has 2 amide bonds. The lowest BCUT2D eigenvalue weighted by Gasteiger charge is -2.08. The summed E-state index contributed by atoms with van der Waals surface area (Å²) in [7, 11) is 3.44. The van der Waals surface area contributed by atoms with Crippen molar-refractivity contribution in [3.05, 3.63) is 45.3 Å². The Kier molecular flexibility index (Phi) is 4.83. The molecule has 0 saturated carbocycles. The van der Waals surface area contributed by atoms with E-state index < -0.39 is 5.91 Å². The summed E-state index contributed by atoms with van der Waals surface area (Å²) in [4.78, 5) is 24.8. The van der Waals surface area contributed by atoms with Crippen LogP contribution in [0.4, 0.5) is 5.69 Å². The Morgan fingerprint density at radius 1 is 1.20 bits per heavy atom. The van der Waals surface area contributed by atoms with Gasteiger partial charge in [-0.2, -0.15) is 15.3 Å². The van der Waals surface area contributed by atoms with E-state index in [1.165, 1.54) is 10.9 Å². The van der Waals surface area contributed by atoms with Crippen molar-refractivity contribution in [1.29, 1.82) is 0 Å². The Hall–Kier alpha value is -2.70. The molecule has 0 spiro atoms. The van der Waals surface area contributed by atoms with Crippen molar-refractivity contribution in [2.45, 2.75) is 6.54 Å². The Morgan fingerprint density at radius 2 is 2.00 bits per heavy atom. The van der Waals surface area contributed by atoms with E-state index in [2.05, 4.69) is 31.0 Å². The van der Waals surface area contributed by atoms with Crippen LogP contribution in [0.5, 0.6) is 0 Å². The van der Waals surface area contributed by atoms with Crippen molar-refractivity contribution in [3.63, 3.8) is 0 Å². The minimum Gasteiger partial charge on any atom is -0.346 e. The molecule has 0 aliphatic heterocycles. The van der Waals surface area contributed by atoms with Crippen LogP contribution in [0.15, 0.2) is 24.8 Å². The number of amides is 2. The standard InChI is InChI=1S/C14H15IN8O2/c1-22-7-8(4-18-22)3-16-14(25)12-10(6-19-23(12)2)20-13(24)11-9(15)5-17-21-11/h4-7H,3H2,1-2H3,(H,16,25)(H,17,21)(H,20,24). The van der Waals surface area contributed by atoms with Gasteiger partial charge in [-0.05, 0) is 22.6 Å². The summed E-state index contributed by atoms with van der Waals surface area (Å²) in [5.74, 6) is -0.741.